The minimum absolute atomic E-state index is 0.216. The molecule has 0 radical (unpaired) electrons. The molecule has 0 aromatic carbocycles. The van der Waals surface area contributed by atoms with E-state index in [0.29, 0.717) is 38.4 Å². The van der Waals surface area contributed by atoms with Crippen LogP contribution >= 0.6 is 0 Å². The Bertz CT molecular complexity index is 566. The van der Waals surface area contributed by atoms with Crippen LogP contribution in [-0.4, -0.2) is 61.1 Å². The summed E-state index contributed by atoms with van der Waals surface area (Å²) in [5.41, 5.74) is 0.269. The highest BCUT2D eigenvalue weighted by Gasteiger charge is 2.25. The highest BCUT2D eigenvalue weighted by molar-refractivity contribution is 7.88. The summed E-state index contributed by atoms with van der Waals surface area (Å²) in [7, 11) is -3.20. The molecule has 19 heavy (non-hydrogen) atoms. The van der Waals surface area contributed by atoms with Crippen molar-refractivity contribution < 1.29 is 17.7 Å². The van der Waals surface area contributed by atoms with Gasteiger partial charge in [0.25, 0.3) is 5.91 Å². The molecule has 7 nitrogen and oxygen atoms in total. The molecule has 0 atom stereocenters. The van der Waals surface area contributed by atoms with Crippen molar-refractivity contribution in [1.82, 2.24) is 14.4 Å². The Labute approximate surface area is 112 Å². The average Bonchev–Trinajstić information content (AvgIpc) is 2.62. The maximum atomic E-state index is 12.2. The number of carbonyl (C=O) groups is 1. The van der Waals surface area contributed by atoms with E-state index in [0.717, 1.165) is 0 Å². The minimum Gasteiger partial charge on any atom is -0.361 e. The van der Waals surface area contributed by atoms with Gasteiger partial charge in [0.15, 0.2) is 5.69 Å². The second-order valence-corrected chi connectivity index (χ2v) is 6.61. The van der Waals surface area contributed by atoms with Crippen LogP contribution < -0.4 is 0 Å². The van der Waals surface area contributed by atoms with Crippen LogP contribution in [0.2, 0.25) is 0 Å². The van der Waals surface area contributed by atoms with Gasteiger partial charge in [0.05, 0.1) is 6.26 Å². The molecule has 2 rings (SSSR count). The first-order valence-corrected chi connectivity index (χ1v) is 7.90. The number of sulfonamides is 1. The molecule has 106 valence electrons. The number of aryl methyl sites for hydroxylation is 1. The van der Waals surface area contributed by atoms with Gasteiger partial charge in [-0.25, -0.2) is 12.7 Å². The van der Waals surface area contributed by atoms with E-state index in [1.807, 2.05) is 0 Å². The van der Waals surface area contributed by atoms with E-state index >= 15 is 0 Å². The van der Waals surface area contributed by atoms with Gasteiger partial charge in [-0.1, -0.05) is 5.16 Å². The lowest BCUT2D eigenvalue weighted by Gasteiger charge is -2.19. The smallest absolute Gasteiger partial charge is 0.276 e. The van der Waals surface area contributed by atoms with E-state index < -0.39 is 10.0 Å². The predicted molar refractivity (Wildman–Crippen MR) is 68.2 cm³/mol. The van der Waals surface area contributed by atoms with E-state index in [-0.39, 0.29) is 11.6 Å². The summed E-state index contributed by atoms with van der Waals surface area (Å²) >= 11 is 0. The summed E-state index contributed by atoms with van der Waals surface area (Å²) < 4.78 is 29.2. The predicted octanol–water partition coefficient (Wildman–Crippen LogP) is 0.0905. The summed E-state index contributed by atoms with van der Waals surface area (Å²) in [4.78, 5) is 13.8. The van der Waals surface area contributed by atoms with Crippen molar-refractivity contribution in [2.45, 2.75) is 13.3 Å². The van der Waals surface area contributed by atoms with E-state index in [4.69, 9.17) is 4.52 Å². The van der Waals surface area contributed by atoms with Crippen molar-refractivity contribution in [3.05, 3.63) is 17.5 Å². The number of hydrogen-bond acceptors (Lipinski definition) is 5. The van der Waals surface area contributed by atoms with E-state index in [9.17, 15) is 13.2 Å². The minimum atomic E-state index is -3.20. The molecule has 1 aromatic rings. The lowest BCUT2D eigenvalue weighted by Crippen LogP contribution is -2.37. The molecule has 1 saturated heterocycles. The number of rotatable bonds is 2. The van der Waals surface area contributed by atoms with E-state index in [1.165, 1.54) is 10.6 Å². The van der Waals surface area contributed by atoms with Gasteiger partial charge in [-0.3, -0.25) is 4.79 Å². The molecule has 0 bridgehead atoms. The molecular formula is C11H17N3O4S. The molecule has 1 aromatic heterocycles. The van der Waals surface area contributed by atoms with Gasteiger partial charge in [0, 0.05) is 32.2 Å². The van der Waals surface area contributed by atoms with Crippen LogP contribution in [0.5, 0.6) is 0 Å². The van der Waals surface area contributed by atoms with Crippen LogP contribution in [0, 0.1) is 6.92 Å². The molecule has 1 aliphatic rings. The van der Waals surface area contributed by atoms with Gasteiger partial charge >= 0.3 is 0 Å². The third kappa shape index (κ3) is 3.32. The zero-order valence-corrected chi connectivity index (χ0v) is 11.8. The molecule has 0 aliphatic carbocycles. The Morgan fingerprint density at radius 2 is 2.05 bits per heavy atom. The Balaban J connectivity index is 2.05. The summed E-state index contributed by atoms with van der Waals surface area (Å²) in [5, 5.41) is 3.69. The molecule has 0 unspecified atom stereocenters. The van der Waals surface area contributed by atoms with Crippen molar-refractivity contribution in [1.29, 1.82) is 0 Å². The average molecular weight is 287 g/mol. The quantitative estimate of drug-likeness (QED) is 0.770. The van der Waals surface area contributed by atoms with Gasteiger partial charge in [-0.05, 0) is 13.3 Å². The summed E-state index contributed by atoms with van der Waals surface area (Å²) in [6.07, 6.45) is 1.81. The fourth-order valence-corrected chi connectivity index (χ4v) is 2.93. The number of amides is 1. The lowest BCUT2D eigenvalue weighted by molar-refractivity contribution is 0.0754. The standard InChI is InChI=1S/C11H17N3O4S/c1-9-8-10(12-18-9)11(15)13-4-3-5-14(7-6-13)19(2,16)17/h8H,3-7H2,1-2H3. The van der Waals surface area contributed by atoms with Crippen LogP contribution in [-0.2, 0) is 10.0 Å². The summed E-state index contributed by atoms with van der Waals surface area (Å²) in [5.74, 6) is 0.364. The van der Waals surface area contributed by atoms with Crippen LogP contribution in [0.15, 0.2) is 10.6 Å². The van der Waals surface area contributed by atoms with Gasteiger partial charge < -0.3 is 9.42 Å². The Morgan fingerprint density at radius 1 is 1.32 bits per heavy atom. The fourth-order valence-electron chi connectivity index (χ4n) is 2.06. The first-order chi connectivity index (χ1) is 8.88. The Hall–Kier alpha value is -1.41. The molecule has 0 saturated carbocycles. The molecule has 1 fully saturated rings. The normalized spacial score (nSPS) is 18.3. The third-order valence-electron chi connectivity index (χ3n) is 3.06. The monoisotopic (exact) mass is 287 g/mol. The Morgan fingerprint density at radius 3 is 2.63 bits per heavy atom. The SMILES string of the molecule is Cc1cc(C(=O)N2CCCN(S(C)(=O)=O)CC2)no1. The van der Waals surface area contributed by atoms with Crippen molar-refractivity contribution in [2.24, 2.45) is 0 Å². The highest BCUT2D eigenvalue weighted by atomic mass is 32.2. The molecule has 2 heterocycles. The maximum absolute atomic E-state index is 12.2. The second-order valence-electron chi connectivity index (χ2n) is 4.63. The first kappa shape index (κ1) is 14.0. The molecular weight excluding hydrogens is 270 g/mol. The van der Waals surface area contributed by atoms with Gasteiger partial charge in [-0.15, -0.1) is 0 Å². The second kappa shape index (κ2) is 5.30. The van der Waals surface area contributed by atoms with Crippen molar-refractivity contribution in [3.63, 3.8) is 0 Å². The van der Waals surface area contributed by atoms with Crippen molar-refractivity contribution >= 4 is 15.9 Å². The van der Waals surface area contributed by atoms with Crippen molar-refractivity contribution in [2.75, 3.05) is 32.4 Å². The zero-order valence-electron chi connectivity index (χ0n) is 11.0. The maximum Gasteiger partial charge on any atom is 0.276 e. The van der Waals surface area contributed by atoms with E-state index in [1.54, 1.807) is 17.9 Å². The van der Waals surface area contributed by atoms with Crippen LogP contribution in [0.4, 0.5) is 0 Å². The van der Waals surface area contributed by atoms with Gasteiger partial charge in [-0.2, -0.15) is 0 Å². The highest BCUT2D eigenvalue weighted by Crippen LogP contribution is 2.11. The summed E-state index contributed by atoms with van der Waals surface area (Å²) in [6.45, 7) is 3.38. The lowest BCUT2D eigenvalue weighted by atomic mass is 10.3. The fraction of sp³-hybridized carbons (Fsp3) is 0.636. The molecule has 1 aliphatic heterocycles. The molecule has 1 amide bonds. The topological polar surface area (TPSA) is 83.7 Å². The number of hydrogen-bond donors (Lipinski definition) is 0. The van der Waals surface area contributed by atoms with Crippen LogP contribution in [0.25, 0.3) is 0 Å². The number of nitrogens with zero attached hydrogens (tertiary/aromatic N) is 3. The zero-order chi connectivity index (χ0) is 14.0. The van der Waals surface area contributed by atoms with Gasteiger partial charge in [0.2, 0.25) is 10.0 Å². The van der Waals surface area contributed by atoms with Crippen LogP contribution in [0.3, 0.4) is 0 Å². The van der Waals surface area contributed by atoms with Crippen LogP contribution in [0.1, 0.15) is 22.7 Å². The molecule has 8 heteroatoms. The first-order valence-electron chi connectivity index (χ1n) is 6.05. The number of carbonyl (C=O) groups excluding carboxylic acids is 1. The van der Waals surface area contributed by atoms with Crippen molar-refractivity contribution in [3.8, 4) is 0 Å². The van der Waals surface area contributed by atoms with Gasteiger partial charge in [0.1, 0.15) is 5.76 Å². The number of aromatic nitrogens is 1. The Kier molecular flexibility index (Phi) is 3.91. The largest absolute Gasteiger partial charge is 0.361 e. The summed E-state index contributed by atoms with van der Waals surface area (Å²) in [6, 6.07) is 1.58. The van der Waals surface area contributed by atoms with E-state index in [2.05, 4.69) is 5.16 Å². The molecule has 0 N–H and O–H groups in total. The molecule has 0 spiro atoms. The third-order valence-corrected chi connectivity index (χ3v) is 4.36.